The van der Waals surface area contributed by atoms with Gasteiger partial charge in [-0.2, -0.15) is 4.98 Å². The molecule has 0 aliphatic heterocycles. The second-order valence-electron chi connectivity index (χ2n) is 3.79. The minimum absolute atomic E-state index is 0.0353. The Balaban J connectivity index is 2.63. The molecule has 0 fully saturated rings. The normalized spacial score (nSPS) is 11.1. The summed E-state index contributed by atoms with van der Waals surface area (Å²) in [5, 5.41) is -0.253. The number of ether oxygens (including phenoxy) is 2. The molecule has 2 aromatic rings. The van der Waals surface area contributed by atoms with Crippen molar-refractivity contribution in [2.45, 2.75) is 9.92 Å². The Morgan fingerprint density at radius 1 is 1.05 bits per heavy atom. The topological polar surface area (TPSA) is 104 Å². The summed E-state index contributed by atoms with van der Waals surface area (Å²) in [6, 6.07) is 5.80. The van der Waals surface area contributed by atoms with Crippen molar-refractivity contribution in [1.29, 1.82) is 0 Å². The SMILES string of the molecule is COc1ncnc(S(=O)(=O)c2ccc(N)cc2)c1OC. The summed E-state index contributed by atoms with van der Waals surface area (Å²) in [4.78, 5) is 7.66. The van der Waals surface area contributed by atoms with Crippen LogP contribution in [0.5, 0.6) is 11.6 Å². The van der Waals surface area contributed by atoms with Crippen LogP contribution in [-0.4, -0.2) is 32.6 Å². The summed E-state index contributed by atoms with van der Waals surface area (Å²) in [6.45, 7) is 0. The first-order valence-electron chi connectivity index (χ1n) is 5.54. The summed E-state index contributed by atoms with van der Waals surface area (Å²) in [7, 11) is -1.15. The Morgan fingerprint density at radius 2 is 1.70 bits per heavy atom. The summed E-state index contributed by atoms with van der Waals surface area (Å²) < 4.78 is 35.1. The van der Waals surface area contributed by atoms with E-state index in [-0.39, 0.29) is 21.6 Å². The van der Waals surface area contributed by atoms with E-state index in [1.165, 1.54) is 38.5 Å². The molecule has 106 valence electrons. The maximum absolute atomic E-state index is 12.5. The van der Waals surface area contributed by atoms with Crippen LogP contribution >= 0.6 is 0 Å². The van der Waals surface area contributed by atoms with Crippen molar-refractivity contribution in [2.75, 3.05) is 20.0 Å². The fourth-order valence-electron chi connectivity index (χ4n) is 1.61. The number of sulfone groups is 1. The molecule has 0 bridgehead atoms. The van der Waals surface area contributed by atoms with Gasteiger partial charge in [-0.15, -0.1) is 0 Å². The van der Waals surface area contributed by atoms with Gasteiger partial charge in [0, 0.05) is 5.69 Å². The second kappa shape index (κ2) is 5.33. The van der Waals surface area contributed by atoms with Crippen molar-refractivity contribution in [3.63, 3.8) is 0 Å². The van der Waals surface area contributed by atoms with Crippen molar-refractivity contribution < 1.29 is 17.9 Å². The Labute approximate surface area is 116 Å². The minimum Gasteiger partial charge on any atom is -0.489 e. The molecule has 0 spiro atoms. The van der Waals surface area contributed by atoms with Crippen LogP contribution in [0.15, 0.2) is 40.5 Å². The first kappa shape index (κ1) is 14.1. The van der Waals surface area contributed by atoms with E-state index in [2.05, 4.69) is 9.97 Å². The average Bonchev–Trinajstić information content (AvgIpc) is 2.46. The highest BCUT2D eigenvalue weighted by Gasteiger charge is 2.27. The highest BCUT2D eigenvalue weighted by molar-refractivity contribution is 7.91. The molecule has 1 aromatic heterocycles. The molecule has 1 aromatic carbocycles. The lowest BCUT2D eigenvalue weighted by Crippen LogP contribution is -2.09. The van der Waals surface area contributed by atoms with Gasteiger partial charge in [-0.25, -0.2) is 13.4 Å². The largest absolute Gasteiger partial charge is 0.489 e. The molecule has 0 radical (unpaired) electrons. The van der Waals surface area contributed by atoms with Crippen molar-refractivity contribution in [3.05, 3.63) is 30.6 Å². The van der Waals surface area contributed by atoms with Gasteiger partial charge < -0.3 is 15.2 Å². The van der Waals surface area contributed by atoms with E-state index >= 15 is 0 Å². The number of benzene rings is 1. The van der Waals surface area contributed by atoms with Gasteiger partial charge in [0.2, 0.25) is 20.6 Å². The summed E-state index contributed by atoms with van der Waals surface area (Å²) in [6.07, 6.45) is 1.10. The number of aromatic nitrogens is 2. The number of hydrogen-bond acceptors (Lipinski definition) is 7. The van der Waals surface area contributed by atoms with E-state index in [0.29, 0.717) is 5.69 Å². The molecule has 0 amide bonds. The Kier molecular flexibility index (Phi) is 3.75. The molecule has 7 nitrogen and oxygen atoms in total. The molecule has 0 unspecified atom stereocenters. The maximum atomic E-state index is 12.5. The molecule has 0 aliphatic carbocycles. The molecule has 0 saturated carbocycles. The van der Waals surface area contributed by atoms with E-state index < -0.39 is 9.84 Å². The number of nitrogens with two attached hydrogens (primary N) is 1. The molecule has 2 rings (SSSR count). The maximum Gasteiger partial charge on any atom is 0.261 e. The number of rotatable bonds is 4. The molecular weight excluding hydrogens is 282 g/mol. The standard InChI is InChI=1S/C12H13N3O4S/c1-18-10-11(19-2)14-7-15-12(10)20(16,17)9-5-3-8(13)4-6-9/h3-7H,13H2,1-2H3. The molecule has 0 saturated heterocycles. The quantitative estimate of drug-likeness (QED) is 0.660. The Bertz CT molecular complexity index is 714. The van der Waals surface area contributed by atoms with Crippen molar-refractivity contribution in [1.82, 2.24) is 9.97 Å². The Hall–Kier alpha value is -2.35. The van der Waals surface area contributed by atoms with Crippen molar-refractivity contribution in [3.8, 4) is 11.6 Å². The third kappa shape index (κ3) is 2.37. The van der Waals surface area contributed by atoms with E-state index in [0.717, 1.165) is 6.33 Å². The lowest BCUT2D eigenvalue weighted by molar-refractivity contribution is 0.331. The molecule has 20 heavy (non-hydrogen) atoms. The fraction of sp³-hybridized carbons (Fsp3) is 0.167. The number of anilines is 1. The Morgan fingerprint density at radius 3 is 2.25 bits per heavy atom. The van der Waals surface area contributed by atoms with Crippen LogP contribution in [-0.2, 0) is 9.84 Å². The zero-order valence-corrected chi connectivity index (χ0v) is 11.7. The smallest absolute Gasteiger partial charge is 0.261 e. The van der Waals surface area contributed by atoms with Gasteiger partial charge in [-0.1, -0.05) is 0 Å². The number of hydrogen-bond donors (Lipinski definition) is 1. The zero-order valence-electron chi connectivity index (χ0n) is 10.9. The molecule has 0 aliphatic rings. The third-order valence-corrected chi connectivity index (χ3v) is 4.27. The molecule has 2 N–H and O–H groups in total. The molecule has 1 heterocycles. The second-order valence-corrected chi connectivity index (χ2v) is 5.66. The average molecular weight is 295 g/mol. The predicted octanol–water partition coefficient (Wildman–Crippen LogP) is 0.909. The fourth-order valence-corrected chi connectivity index (χ4v) is 2.93. The van der Waals surface area contributed by atoms with Gasteiger partial charge in [0.25, 0.3) is 5.88 Å². The van der Waals surface area contributed by atoms with E-state index in [9.17, 15) is 8.42 Å². The van der Waals surface area contributed by atoms with Crippen LogP contribution in [0, 0.1) is 0 Å². The van der Waals surface area contributed by atoms with Gasteiger partial charge in [-0.3, -0.25) is 0 Å². The first-order valence-corrected chi connectivity index (χ1v) is 7.02. The van der Waals surface area contributed by atoms with Crippen LogP contribution in [0.1, 0.15) is 0 Å². The number of nitrogen functional groups attached to an aromatic ring is 1. The predicted molar refractivity (Wildman–Crippen MR) is 71.4 cm³/mol. The lowest BCUT2D eigenvalue weighted by atomic mass is 10.3. The first-order chi connectivity index (χ1) is 9.50. The summed E-state index contributed by atoms with van der Waals surface area (Å²) >= 11 is 0. The van der Waals surface area contributed by atoms with Crippen molar-refractivity contribution >= 4 is 15.5 Å². The van der Waals surface area contributed by atoms with Crippen LogP contribution in [0.2, 0.25) is 0 Å². The molecule has 0 atom stereocenters. The van der Waals surface area contributed by atoms with Gasteiger partial charge in [0.1, 0.15) is 6.33 Å². The van der Waals surface area contributed by atoms with Crippen molar-refractivity contribution in [2.24, 2.45) is 0 Å². The van der Waals surface area contributed by atoms with Crippen LogP contribution in [0.3, 0.4) is 0 Å². The highest BCUT2D eigenvalue weighted by atomic mass is 32.2. The summed E-state index contributed by atoms with van der Waals surface area (Å²) in [5.41, 5.74) is 6.01. The molecular formula is C12H13N3O4S. The number of methoxy groups -OCH3 is 2. The summed E-state index contributed by atoms with van der Waals surface area (Å²) in [5.74, 6) is 0.0170. The molecule has 8 heteroatoms. The van der Waals surface area contributed by atoms with Crippen LogP contribution in [0.25, 0.3) is 0 Å². The van der Waals surface area contributed by atoms with Crippen LogP contribution < -0.4 is 15.2 Å². The monoisotopic (exact) mass is 295 g/mol. The van der Waals surface area contributed by atoms with E-state index in [1.54, 1.807) is 0 Å². The van der Waals surface area contributed by atoms with E-state index in [4.69, 9.17) is 15.2 Å². The van der Waals surface area contributed by atoms with Gasteiger partial charge in [0.05, 0.1) is 19.1 Å². The lowest BCUT2D eigenvalue weighted by Gasteiger charge is -2.11. The van der Waals surface area contributed by atoms with Crippen LogP contribution in [0.4, 0.5) is 5.69 Å². The highest BCUT2D eigenvalue weighted by Crippen LogP contribution is 2.33. The number of nitrogens with zero attached hydrogens (tertiary/aromatic N) is 2. The minimum atomic E-state index is -3.84. The van der Waals surface area contributed by atoms with Gasteiger partial charge >= 0.3 is 0 Å². The third-order valence-electron chi connectivity index (χ3n) is 2.58. The van der Waals surface area contributed by atoms with E-state index in [1.807, 2.05) is 0 Å². The van der Waals surface area contributed by atoms with Gasteiger partial charge in [-0.05, 0) is 24.3 Å². The van der Waals surface area contributed by atoms with Gasteiger partial charge in [0.15, 0.2) is 0 Å². The zero-order chi connectivity index (χ0) is 14.8.